The number of carbonyl (C=O) groups is 1. The third-order valence-electron chi connectivity index (χ3n) is 7.76. The number of aliphatic hydroxyl groups excluding tert-OH is 1. The van der Waals surface area contributed by atoms with Gasteiger partial charge in [0.1, 0.15) is 0 Å². The minimum atomic E-state index is -4.43. The summed E-state index contributed by atoms with van der Waals surface area (Å²) in [6, 6.07) is 11.2. The molecule has 0 spiro atoms. The Morgan fingerprint density at radius 2 is 1.86 bits per heavy atom. The number of amides is 1. The molecular weight excluding hydrogens is 565 g/mol. The Balaban J connectivity index is 1.71. The number of carbonyl (C=O) groups excluding carboxylic acids is 1. The second kappa shape index (κ2) is 14.3. The maximum atomic E-state index is 13.3. The van der Waals surface area contributed by atoms with Crippen LogP contribution in [-0.4, -0.2) is 35.5 Å². The lowest BCUT2D eigenvalue weighted by Gasteiger charge is -2.34. The van der Waals surface area contributed by atoms with Crippen LogP contribution in [0.15, 0.2) is 82.4 Å². The molecule has 0 fully saturated rings. The molecule has 0 aromatic heterocycles. The molecule has 1 aliphatic carbocycles. The minimum Gasteiger partial charge on any atom is -0.368 e. The van der Waals surface area contributed by atoms with Crippen molar-refractivity contribution >= 4 is 23.6 Å². The number of nitrogens with one attached hydrogen (secondary N) is 1. The van der Waals surface area contributed by atoms with Crippen LogP contribution < -0.4 is 15.9 Å². The van der Waals surface area contributed by atoms with Gasteiger partial charge in [0.05, 0.1) is 10.9 Å². The average molecular weight is 601 g/mol. The van der Waals surface area contributed by atoms with Crippen LogP contribution in [-0.2, 0) is 6.18 Å². The van der Waals surface area contributed by atoms with Gasteiger partial charge in [0.25, 0.3) is 5.91 Å². The van der Waals surface area contributed by atoms with Gasteiger partial charge in [0.2, 0.25) is 0 Å². The van der Waals surface area contributed by atoms with E-state index in [2.05, 4.69) is 29.4 Å². The Labute approximate surface area is 248 Å². The number of halogens is 4. The zero-order valence-electron chi connectivity index (χ0n) is 23.4. The quantitative estimate of drug-likeness (QED) is 0.287. The van der Waals surface area contributed by atoms with E-state index < -0.39 is 18.0 Å². The minimum absolute atomic E-state index is 0.0336. The van der Waals surface area contributed by atoms with E-state index in [1.807, 2.05) is 30.4 Å². The lowest BCUT2D eigenvalue weighted by Crippen LogP contribution is -2.36. The molecule has 0 saturated heterocycles. The first-order chi connectivity index (χ1) is 20.1. The molecular formula is C33H36ClF3N2O3. The number of alkyl halides is 3. The highest BCUT2D eigenvalue weighted by Gasteiger charge is 2.34. The number of aliphatic hydroxyl groups is 2. The van der Waals surface area contributed by atoms with Crippen molar-refractivity contribution in [2.75, 3.05) is 13.1 Å². The highest BCUT2D eigenvalue weighted by molar-refractivity contribution is 6.31. The van der Waals surface area contributed by atoms with E-state index in [0.29, 0.717) is 34.1 Å². The molecule has 0 radical (unpaired) electrons. The number of nitrogens with zero attached hydrogens (tertiary/aromatic N) is 1. The van der Waals surface area contributed by atoms with Crippen molar-refractivity contribution in [1.82, 2.24) is 5.32 Å². The van der Waals surface area contributed by atoms with Gasteiger partial charge in [-0.05, 0) is 71.4 Å². The number of hydrogen-bond donors (Lipinski definition) is 3. The van der Waals surface area contributed by atoms with Crippen LogP contribution in [0.25, 0.3) is 6.08 Å². The Morgan fingerprint density at radius 3 is 2.55 bits per heavy atom. The van der Waals surface area contributed by atoms with Crippen molar-refractivity contribution in [3.63, 3.8) is 0 Å². The zero-order chi connectivity index (χ0) is 30.3. The van der Waals surface area contributed by atoms with Crippen molar-refractivity contribution in [1.29, 1.82) is 0 Å². The molecule has 5 nitrogen and oxygen atoms in total. The van der Waals surface area contributed by atoms with E-state index in [9.17, 15) is 18.0 Å². The molecule has 1 aliphatic heterocycles. The highest BCUT2D eigenvalue weighted by Crippen LogP contribution is 2.42. The van der Waals surface area contributed by atoms with E-state index >= 15 is 0 Å². The second-order valence-corrected chi connectivity index (χ2v) is 11.2. The van der Waals surface area contributed by atoms with Crippen LogP contribution >= 0.6 is 11.6 Å². The maximum Gasteiger partial charge on any atom is 0.416 e. The number of allylic oxidation sites excluding steroid dienone is 6. The zero-order valence-corrected chi connectivity index (χ0v) is 24.2. The summed E-state index contributed by atoms with van der Waals surface area (Å²) in [5, 5.41) is 22.4. The lowest BCUT2D eigenvalue weighted by atomic mass is 9.70. The van der Waals surface area contributed by atoms with E-state index in [1.54, 1.807) is 12.1 Å². The standard InChI is InChI=1S/C33H36ClF3N2O3/c1-2-3-7-28(21-8-10-23(11-9-21)32(42)38-17-16-30(40)41)31(22-5-4-6-27(34)15-13-22)25-18-24-12-14-26(33(35,36)37)19-29(24)39-20-25/h5-6,8-15,18-19,25,28,30-31,40-41H,2-4,7,16-17,20H2,1H3,(H,38,42). The summed E-state index contributed by atoms with van der Waals surface area (Å²) < 4.78 is 40.0. The monoisotopic (exact) mass is 600 g/mol. The van der Waals surface area contributed by atoms with Gasteiger partial charge >= 0.3 is 6.18 Å². The third kappa shape index (κ3) is 8.21. The average Bonchev–Trinajstić information content (AvgIpc) is 3.18. The number of unbranched alkanes of at least 4 members (excludes halogenated alkanes) is 1. The fourth-order valence-electron chi connectivity index (χ4n) is 5.62. The summed E-state index contributed by atoms with van der Waals surface area (Å²) in [7, 11) is 0. The van der Waals surface area contributed by atoms with Crippen molar-refractivity contribution in [3.05, 3.63) is 105 Å². The first kappa shape index (κ1) is 31.7. The van der Waals surface area contributed by atoms with Crippen LogP contribution in [0.4, 0.5) is 13.2 Å². The van der Waals surface area contributed by atoms with E-state index in [-0.39, 0.29) is 36.6 Å². The number of benzene rings is 2. The molecule has 1 heterocycles. The second-order valence-electron chi connectivity index (χ2n) is 10.7. The Kier molecular flexibility index (Phi) is 10.8. The number of fused-ring (bicyclic) bond motifs is 1. The molecule has 2 aromatic rings. The highest BCUT2D eigenvalue weighted by atomic mass is 35.5. The van der Waals surface area contributed by atoms with Crippen molar-refractivity contribution in [2.45, 2.75) is 57.4 Å². The largest absolute Gasteiger partial charge is 0.416 e. The molecule has 1 amide bonds. The van der Waals surface area contributed by atoms with Gasteiger partial charge in [-0.1, -0.05) is 73.9 Å². The smallest absolute Gasteiger partial charge is 0.368 e. The molecule has 3 unspecified atom stereocenters. The first-order valence-corrected chi connectivity index (χ1v) is 14.7. The summed E-state index contributed by atoms with van der Waals surface area (Å²) >= 11 is 6.33. The Hall–Kier alpha value is -3.20. The van der Waals surface area contributed by atoms with E-state index in [4.69, 9.17) is 21.8 Å². The van der Waals surface area contributed by atoms with E-state index in [1.165, 1.54) is 6.07 Å². The summed E-state index contributed by atoms with van der Waals surface area (Å²) in [5.74, 6) is -0.356. The third-order valence-corrected chi connectivity index (χ3v) is 8.04. The topological polar surface area (TPSA) is 81.9 Å². The first-order valence-electron chi connectivity index (χ1n) is 14.3. The van der Waals surface area contributed by atoms with Crippen molar-refractivity contribution in [3.8, 4) is 0 Å². The van der Waals surface area contributed by atoms with Crippen LogP contribution in [0.3, 0.4) is 0 Å². The summed E-state index contributed by atoms with van der Waals surface area (Å²) in [5.41, 5.74) is 1.91. The molecule has 4 rings (SSSR count). The molecule has 2 aromatic carbocycles. The summed E-state index contributed by atoms with van der Waals surface area (Å²) in [6.45, 7) is 2.63. The van der Waals surface area contributed by atoms with Gasteiger partial charge in [0, 0.05) is 36.0 Å². The molecule has 9 heteroatoms. The Bertz CT molecular complexity index is 1460. The van der Waals surface area contributed by atoms with Crippen LogP contribution in [0.2, 0.25) is 0 Å². The van der Waals surface area contributed by atoms with E-state index in [0.717, 1.165) is 42.5 Å². The van der Waals surface area contributed by atoms with Gasteiger partial charge in [-0.3, -0.25) is 9.79 Å². The summed E-state index contributed by atoms with van der Waals surface area (Å²) in [6.07, 6.45) is 7.68. The van der Waals surface area contributed by atoms with Crippen LogP contribution in [0.1, 0.15) is 66.4 Å². The molecule has 0 bridgehead atoms. The maximum absolute atomic E-state index is 13.3. The van der Waals surface area contributed by atoms with Gasteiger partial charge < -0.3 is 15.5 Å². The predicted molar refractivity (Wildman–Crippen MR) is 158 cm³/mol. The van der Waals surface area contributed by atoms with Crippen LogP contribution in [0, 0.1) is 11.8 Å². The number of hydrogen-bond acceptors (Lipinski definition) is 4. The van der Waals surface area contributed by atoms with Crippen LogP contribution in [0.5, 0.6) is 0 Å². The molecule has 42 heavy (non-hydrogen) atoms. The fourth-order valence-corrected chi connectivity index (χ4v) is 5.78. The lowest BCUT2D eigenvalue weighted by molar-refractivity contribution is -0.137. The molecule has 224 valence electrons. The van der Waals surface area contributed by atoms with Crippen molar-refractivity contribution < 1.29 is 28.2 Å². The summed E-state index contributed by atoms with van der Waals surface area (Å²) in [4.78, 5) is 17.2. The van der Waals surface area contributed by atoms with Gasteiger partial charge in [-0.15, -0.1) is 0 Å². The van der Waals surface area contributed by atoms with Crippen molar-refractivity contribution in [2.24, 2.45) is 16.8 Å². The molecule has 0 saturated carbocycles. The molecule has 2 aliphatic rings. The Morgan fingerprint density at radius 1 is 1.10 bits per heavy atom. The normalized spacial score (nSPS) is 18.1. The SMILES string of the molecule is CCCCC(c1ccc(C(=O)NCCC(O)O)cc1)C(C1=CCC=C(Cl)C=C1)C1C=c2ccc(C(F)(F)F)cc2=NC1. The van der Waals surface area contributed by atoms with Gasteiger partial charge in [0.15, 0.2) is 6.29 Å². The van der Waals surface area contributed by atoms with Gasteiger partial charge in [-0.2, -0.15) is 13.2 Å². The fraction of sp³-hybridized carbons (Fsp3) is 0.394. The number of rotatable bonds is 11. The molecule has 3 atom stereocenters. The van der Waals surface area contributed by atoms with Gasteiger partial charge in [-0.25, -0.2) is 0 Å². The predicted octanol–water partition coefficient (Wildman–Crippen LogP) is 5.77. The molecule has 3 N–H and O–H groups in total.